The van der Waals surface area contributed by atoms with Gasteiger partial charge in [-0.1, -0.05) is 0 Å². The molecule has 20 heavy (non-hydrogen) atoms. The fourth-order valence-corrected chi connectivity index (χ4v) is 2.08. The molecule has 1 aliphatic heterocycles. The molecule has 0 aliphatic carbocycles. The summed E-state index contributed by atoms with van der Waals surface area (Å²) in [6, 6.07) is 6.55. The number of halogens is 2. The molecule has 1 aromatic carbocycles. The van der Waals surface area contributed by atoms with Crippen LogP contribution in [-0.2, 0) is 13.6 Å². The SMILES string of the molecule is Cc1cc(CNc2ccc3c(c2)OC(F)(F)O3)n(C)n1. The average Bonchev–Trinajstić information content (AvgIpc) is 2.83. The second kappa shape index (κ2) is 4.36. The van der Waals surface area contributed by atoms with Crippen LogP contribution in [0.15, 0.2) is 24.3 Å². The molecule has 1 N–H and O–H groups in total. The molecule has 0 saturated heterocycles. The number of aromatic nitrogens is 2. The van der Waals surface area contributed by atoms with Crippen molar-refractivity contribution in [2.24, 2.45) is 7.05 Å². The van der Waals surface area contributed by atoms with Gasteiger partial charge in [0.15, 0.2) is 11.5 Å². The molecule has 0 atom stereocenters. The highest BCUT2D eigenvalue weighted by Crippen LogP contribution is 2.42. The summed E-state index contributed by atoms with van der Waals surface area (Å²) in [6.45, 7) is 2.44. The van der Waals surface area contributed by atoms with Crippen LogP contribution in [0.4, 0.5) is 14.5 Å². The van der Waals surface area contributed by atoms with Crippen molar-refractivity contribution >= 4 is 5.69 Å². The highest BCUT2D eigenvalue weighted by molar-refractivity contribution is 5.56. The van der Waals surface area contributed by atoms with Crippen LogP contribution in [0.3, 0.4) is 0 Å². The number of fused-ring (bicyclic) bond motifs is 1. The molecular weight excluding hydrogens is 268 g/mol. The third kappa shape index (κ3) is 2.38. The number of nitrogens with one attached hydrogen (secondary N) is 1. The quantitative estimate of drug-likeness (QED) is 0.939. The molecule has 1 aromatic heterocycles. The first-order valence-electron chi connectivity index (χ1n) is 6.06. The number of benzene rings is 1. The predicted octanol–water partition coefficient (Wildman–Crippen LogP) is 2.66. The van der Waals surface area contributed by atoms with E-state index >= 15 is 0 Å². The topological polar surface area (TPSA) is 48.3 Å². The number of ether oxygens (including phenoxy) is 2. The highest BCUT2D eigenvalue weighted by atomic mass is 19.3. The van der Waals surface area contributed by atoms with Gasteiger partial charge >= 0.3 is 6.29 Å². The minimum Gasteiger partial charge on any atom is -0.395 e. The van der Waals surface area contributed by atoms with Gasteiger partial charge in [-0.2, -0.15) is 5.10 Å². The fourth-order valence-electron chi connectivity index (χ4n) is 2.08. The van der Waals surface area contributed by atoms with Crippen LogP contribution in [0, 0.1) is 6.92 Å². The van der Waals surface area contributed by atoms with Gasteiger partial charge in [0.1, 0.15) is 0 Å². The van der Waals surface area contributed by atoms with Crippen molar-refractivity contribution in [2.45, 2.75) is 19.8 Å². The lowest BCUT2D eigenvalue weighted by Gasteiger charge is -2.07. The second-order valence-electron chi connectivity index (χ2n) is 4.58. The summed E-state index contributed by atoms with van der Waals surface area (Å²) < 4.78 is 36.3. The van der Waals surface area contributed by atoms with Crippen molar-refractivity contribution in [3.63, 3.8) is 0 Å². The second-order valence-corrected chi connectivity index (χ2v) is 4.58. The molecule has 0 saturated carbocycles. The first-order chi connectivity index (χ1) is 9.43. The molecule has 106 valence electrons. The van der Waals surface area contributed by atoms with Crippen LogP contribution in [-0.4, -0.2) is 16.1 Å². The van der Waals surface area contributed by atoms with E-state index in [9.17, 15) is 8.78 Å². The van der Waals surface area contributed by atoms with E-state index in [0.717, 1.165) is 11.4 Å². The minimum absolute atomic E-state index is 0.0289. The molecule has 2 heterocycles. The maximum absolute atomic E-state index is 12.9. The highest BCUT2D eigenvalue weighted by Gasteiger charge is 2.43. The van der Waals surface area contributed by atoms with E-state index in [0.29, 0.717) is 12.2 Å². The van der Waals surface area contributed by atoms with E-state index in [-0.39, 0.29) is 11.5 Å². The lowest BCUT2D eigenvalue weighted by Crippen LogP contribution is -2.25. The smallest absolute Gasteiger partial charge is 0.395 e. The summed E-state index contributed by atoms with van der Waals surface area (Å²) in [4.78, 5) is 0. The van der Waals surface area contributed by atoms with Crippen LogP contribution >= 0.6 is 0 Å². The van der Waals surface area contributed by atoms with Gasteiger partial charge in [0.25, 0.3) is 0 Å². The Hall–Kier alpha value is -2.31. The molecule has 0 fully saturated rings. The van der Waals surface area contributed by atoms with Crippen LogP contribution in [0.1, 0.15) is 11.4 Å². The normalized spacial score (nSPS) is 15.4. The van der Waals surface area contributed by atoms with Crippen molar-refractivity contribution in [1.29, 1.82) is 0 Å². The number of rotatable bonds is 3. The van der Waals surface area contributed by atoms with E-state index in [2.05, 4.69) is 19.9 Å². The van der Waals surface area contributed by atoms with E-state index in [4.69, 9.17) is 0 Å². The number of aryl methyl sites for hydroxylation is 2. The lowest BCUT2D eigenvalue weighted by atomic mass is 10.2. The van der Waals surface area contributed by atoms with Gasteiger partial charge in [-0.25, -0.2) is 0 Å². The molecule has 0 radical (unpaired) electrons. The molecule has 0 spiro atoms. The molecule has 0 bridgehead atoms. The van der Waals surface area contributed by atoms with Crippen molar-refractivity contribution in [3.8, 4) is 11.5 Å². The Kier molecular flexibility index (Phi) is 2.77. The number of hydrogen-bond acceptors (Lipinski definition) is 4. The summed E-state index contributed by atoms with van der Waals surface area (Å²) in [5.74, 6) is 0.0677. The van der Waals surface area contributed by atoms with Crippen molar-refractivity contribution in [3.05, 3.63) is 35.7 Å². The van der Waals surface area contributed by atoms with Gasteiger partial charge in [0, 0.05) is 18.8 Å². The molecule has 2 aromatic rings. The van der Waals surface area contributed by atoms with Gasteiger partial charge in [0.2, 0.25) is 0 Å². The Morgan fingerprint density at radius 1 is 1.25 bits per heavy atom. The number of anilines is 1. The zero-order valence-corrected chi connectivity index (χ0v) is 11.0. The summed E-state index contributed by atoms with van der Waals surface area (Å²) in [5, 5.41) is 7.36. The zero-order chi connectivity index (χ0) is 14.3. The zero-order valence-electron chi connectivity index (χ0n) is 11.0. The molecule has 5 nitrogen and oxygen atoms in total. The minimum atomic E-state index is -3.58. The van der Waals surface area contributed by atoms with Crippen LogP contribution in [0.2, 0.25) is 0 Å². The van der Waals surface area contributed by atoms with Gasteiger partial charge in [-0.15, -0.1) is 8.78 Å². The van der Waals surface area contributed by atoms with Gasteiger partial charge < -0.3 is 14.8 Å². The van der Waals surface area contributed by atoms with Crippen LogP contribution in [0.5, 0.6) is 11.5 Å². The molecule has 3 rings (SSSR count). The molecule has 1 aliphatic rings. The predicted molar refractivity (Wildman–Crippen MR) is 67.9 cm³/mol. The number of nitrogens with zero attached hydrogens (tertiary/aromatic N) is 2. The third-order valence-electron chi connectivity index (χ3n) is 2.97. The Labute approximate surface area is 114 Å². The molecular formula is C13H13F2N3O2. The fraction of sp³-hybridized carbons (Fsp3) is 0.308. The molecule has 0 amide bonds. The molecule has 7 heteroatoms. The van der Waals surface area contributed by atoms with Crippen molar-refractivity contribution in [2.75, 3.05) is 5.32 Å². The largest absolute Gasteiger partial charge is 0.586 e. The van der Waals surface area contributed by atoms with Crippen molar-refractivity contribution in [1.82, 2.24) is 9.78 Å². The third-order valence-corrected chi connectivity index (χ3v) is 2.97. The maximum Gasteiger partial charge on any atom is 0.586 e. The maximum atomic E-state index is 12.9. The van der Waals surface area contributed by atoms with E-state index in [1.807, 2.05) is 20.0 Å². The standard InChI is InChI=1S/C13H13F2N3O2/c1-8-5-10(18(2)17-8)7-16-9-3-4-11-12(6-9)20-13(14,15)19-11/h3-6,16H,7H2,1-2H3. The monoisotopic (exact) mass is 281 g/mol. The molecule has 0 unspecified atom stereocenters. The van der Waals surface area contributed by atoms with Gasteiger partial charge in [-0.05, 0) is 25.1 Å². The van der Waals surface area contributed by atoms with Gasteiger partial charge in [-0.3, -0.25) is 4.68 Å². The van der Waals surface area contributed by atoms with Crippen LogP contribution in [0.25, 0.3) is 0 Å². The number of hydrogen-bond donors (Lipinski definition) is 1. The van der Waals surface area contributed by atoms with E-state index < -0.39 is 6.29 Å². The Morgan fingerprint density at radius 3 is 2.70 bits per heavy atom. The first kappa shape index (κ1) is 12.7. The van der Waals surface area contributed by atoms with E-state index in [1.165, 1.54) is 12.1 Å². The lowest BCUT2D eigenvalue weighted by molar-refractivity contribution is -0.286. The van der Waals surface area contributed by atoms with Crippen molar-refractivity contribution < 1.29 is 18.3 Å². The van der Waals surface area contributed by atoms with E-state index in [1.54, 1.807) is 10.7 Å². The van der Waals surface area contributed by atoms with Gasteiger partial charge in [0.05, 0.1) is 17.9 Å². The Balaban J connectivity index is 1.72. The first-order valence-corrected chi connectivity index (χ1v) is 6.06. The number of alkyl halides is 2. The summed E-state index contributed by atoms with van der Waals surface area (Å²) >= 11 is 0. The average molecular weight is 281 g/mol. The Bertz CT molecular complexity index is 655. The Morgan fingerprint density at radius 2 is 2.00 bits per heavy atom. The van der Waals surface area contributed by atoms with Crippen LogP contribution < -0.4 is 14.8 Å². The summed E-state index contributed by atoms with van der Waals surface area (Å²) in [6.07, 6.45) is -3.58. The summed E-state index contributed by atoms with van der Waals surface area (Å²) in [5.41, 5.74) is 2.59. The summed E-state index contributed by atoms with van der Waals surface area (Å²) in [7, 11) is 1.85.